The number of aromatic amines is 1. The number of aromatic nitrogens is 2. The number of hydrogen-bond donors (Lipinski definition) is 2. The number of rotatable bonds is 2. The summed E-state index contributed by atoms with van der Waals surface area (Å²) in [5.74, 6) is -0.763. The lowest BCUT2D eigenvalue weighted by atomic mass is 10.3. The Morgan fingerprint density at radius 2 is 2.31 bits per heavy atom. The van der Waals surface area contributed by atoms with Gasteiger partial charge in [0.25, 0.3) is 5.91 Å². The van der Waals surface area contributed by atoms with E-state index in [1.54, 1.807) is 6.07 Å². The zero-order chi connectivity index (χ0) is 11.5. The highest BCUT2D eigenvalue weighted by molar-refractivity contribution is 9.10. The lowest BCUT2D eigenvalue weighted by Gasteiger charge is -2.03. The van der Waals surface area contributed by atoms with Crippen LogP contribution in [0.15, 0.2) is 35.1 Å². The van der Waals surface area contributed by atoms with E-state index < -0.39 is 5.82 Å². The number of H-pyrrole nitrogens is 1. The number of carbonyl (C=O) groups is 1. The number of nitrogens with zero attached hydrogens (tertiary/aromatic N) is 1. The molecule has 2 N–H and O–H groups in total. The highest BCUT2D eigenvalue weighted by Gasteiger charge is 2.08. The summed E-state index contributed by atoms with van der Waals surface area (Å²) < 4.78 is 13.5. The molecule has 0 spiro atoms. The maximum atomic E-state index is 13.2. The molecule has 0 bridgehead atoms. The Bertz CT molecular complexity index is 513. The zero-order valence-corrected chi connectivity index (χ0v) is 9.58. The third-order valence-electron chi connectivity index (χ3n) is 1.94. The monoisotopic (exact) mass is 283 g/mol. The standard InChI is InChI=1S/C10H7BrFN3O/c11-8-2-1-7(3-9(8)12)15-10(16)6-4-13-14-5-6/h1-5H,(H,13,14)(H,15,16). The minimum absolute atomic E-state index is 0.338. The molecule has 1 aromatic heterocycles. The van der Waals surface area contributed by atoms with Crippen LogP contribution in [-0.4, -0.2) is 16.1 Å². The number of nitrogens with one attached hydrogen (secondary N) is 2. The van der Waals surface area contributed by atoms with E-state index in [-0.39, 0.29) is 5.91 Å². The van der Waals surface area contributed by atoms with E-state index >= 15 is 0 Å². The van der Waals surface area contributed by atoms with Crippen molar-refractivity contribution in [3.63, 3.8) is 0 Å². The van der Waals surface area contributed by atoms with Crippen LogP contribution in [0.3, 0.4) is 0 Å². The predicted octanol–water partition coefficient (Wildman–Crippen LogP) is 2.56. The van der Waals surface area contributed by atoms with Crippen LogP contribution in [0.5, 0.6) is 0 Å². The largest absolute Gasteiger partial charge is 0.322 e. The van der Waals surface area contributed by atoms with Gasteiger partial charge < -0.3 is 5.32 Å². The topological polar surface area (TPSA) is 57.8 Å². The van der Waals surface area contributed by atoms with Crippen molar-refractivity contribution in [1.29, 1.82) is 0 Å². The van der Waals surface area contributed by atoms with Crippen LogP contribution < -0.4 is 5.32 Å². The fraction of sp³-hybridized carbons (Fsp3) is 0. The predicted molar refractivity (Wildman–Crippen MR) is 60.6 cm³/mol. The first kappa shape index (κ1) is 10.8. The lowest BCUT2D eigenvalue weighted by molar-refractivity contribution is 0.102. The van der Waals surface area contributed by atoms with Crippen molar-refractivity contribution in [2.45, 2.75) is 0 Å². The van der Waals surface area contributed by atoms with Gasteiger partial charge in [0.1, 0.15) is 5.82 Å². The summed E-state index contributed by atoms with van der Waals surface area (Å²) in [5.41, 5.74) is 0.787. The van der Waals surface area contributed by atoms with Gasteiger partial charge in [0.15, 0.2) is 0 Å². The first-order valence-electron chi connectivity index (χ1n) is 4.42. The van der Waals surface area contributed by atoms with Gasteiger partial charge in [-0.1, -0.05) is 0 Å². The summed E-state index contributed by atoms with van der Waals surface area (Å²) in [4.78, 5) is 11.6. The Morgan fingerprint density at radius 3 is 2.94 bits per heavy atom. The second-order valence-corrected chi connectivity index (χ2v) is 3.92. The first-order valence-corrected chi connectivity index (χ1v) is 5.21. The molecule has 1 amide bonds. The summed E-state index contributed by atoms with van der Waals surface area (Å²) in [6.45, 7) is 0. The summed E-state index contributed by atoms with van der Waals surface area (Å²) in [7, 11) is 0. The molecule has 0 saturated heterocycles. The Labute approximate surface area is 99.0 Å². The molecular formula is C10H7BrFN3O. The van der Waals surface area contributed by atoms with Crippen molar-refractivity contribution in [3.8, 4) is 0 Å². The number of hydrogen-bond acceptors (Lipinski definition) is 2. The molecule has 0 aliphatic carbocycles. The molecule has 16 heavy (non-hydrogen) atoms. The molecule has 0 fully saturated rings. The maximum absolute atomic E-state index is 13.2. The quantitative estimate of drug-likeness (QED) is 0.890. The fourth-order valence-electron chi connectivity index (χ4n) is 1.15. The second-order valence-electron chi connectivity index (χ2n) is 3.07. The minimum atomic E-state index is -0.426. The number of carbonyl (C=O) groups excluding carboxylic acids is 1. The molecular weight excluding hydrogens is 277 g/mol. The average molecular weight is 284 g/mol. The smallest absolute Gasteiger partial charge is 0.258 e. The molecule has 1 heterocycles. The first-order chi connectivity index (χ1) is 7.66. The van der Waals surface area contributed by atoms with Crippen molar-refractivity contribution >= 4 is 27.5 Å². The molecule has 1 aromatic carbocycles. The van der Waals surface area contributed by atoms with Crippen LogP contribution in [0.4, 0.5) is 10.1 Å². The van der Waals surface area contributed by atoms with E-state index in [1.807, 2.05) is 0 Å². The molecule has 2 aromatic rings. The second kappa shape index (κ2) is 4.44. The van der Waals surface area contributed by atoms with E-state index in [4.69, 9.17) is 0 Å². The van der Waals surface area contributed by atoms with Crippen LogP contribution in [-0.2, 0) is 0 Å². The SMILES string of the molecule is O=C(Nc1ccc(Br)c(F)c1)c1cn[nH]c1. The highest BCUT2D eigenvalue weighted by atomic mass is 79.9. The van der Waals surface area contributed by atoms with Crippen LogP contribution in [0.2, 0.25) is 0 Å². The molecule has 0 atom stereocenters. The molecule has 82 valence electrons. The zero-order valence-electron chi connectivity index (χ0n) is 8.00. The van der Waals surface area contributed by atoms with Crippen molar-refractivity contribution in [2.24, 2.45) is 0 Å². The number of anilines is 1. The van der Waals surface area contributed by atoms with Gasteiger partial charge in [0.05, 0.1) is 16.2 Å². The summed E-state index contributed by atoms with van der Waals surface area (Å²) in [6.07, 6.45) is 2.86. The van der Waals surface area contributed by atoms with E-state index in [0.717, 1.165) is 0 Å². The number of amides is 1. The maximum Gasteiger partial charge on any atom is 0.258 e. The van der Waals surface area contributed by atoms with E-state index in [1.165, 1.54) is 24.5 Å². The Kier molecular flexibility index (Phi) is 3.00. The van der Waals surface area contributed by atoms with Crippen LogP contribution in [0.25, 0.3) is 0 Å². The normalized spacial score (nSPS) is 10.1. The van der Waals surface area contributed by atoms with Crippen molar-refractivity contribution in [1.82, 2.24) is 10.2 Å². The van der Waals surface area contributed by atoms with Crippen LogP contribution in [0, 0.1) is 5.82 Å². The van der Waals surface area contributed by atoms with Gasteiger partial charge in [-0.25, -0.2) is 4.39 Å². The van der Waals surface area contributed by atoms with Gasteiger partial charge in [-0.05, 0) is 34.1 Å². The van der Waals surface area contributed by atoms with E-state index in [2.05, 4.69) is 31.4 Å². The lowest BCUT2D eigenvalue weighted by Crippen LogP contribution is -2.11. The van der Waals surface area contributed by atoms with E-state index in [9.17, 15) is 9.18 Å². The van der Waals surface area contributed by atoms with Gasteiger partial charge in [-0.3, -0.25) is 9.89 Å². The molecule has 6 heteroatoms. The molecule has 0 unspecified atom stereocenters. The summed E-state index contributed by atoms with van der Waals surface area (Å²) in [6, 6.07) is 4.37. The van der Waals surface area contributed by atoms with E-state index in [0.29, 0.717) is 15.7 Å². The number of benzene rings is 1. The summed E-state index contributed by atoms with van der Waals surface area (Å²) in [5, 5.41) is 8.73. The van der Waals surface area contributed by atoms with Gasteiger partial charge in [0.2, 0.25) is 0 Å². The van der Waals surface area contributed by atoms with Crippen molar-refractivity contribution in [2.75, 3.05) is 5.32 Å². The number of halogens is 2. The third kappa shape index (κ3) is 2.27. The molecule has 0 radical (unpaired) electrons. The van der Waals surface area contributed by atoms with Gasteiger partial charge in [-0.15, -0.1) is 0 Å². The molecule has 4 nitrogen and oxygen atoms in total. The van der Waals surface area contributed by atoms with Gasteiger partial charge in [0, 0.05) is 11.9 Å². The Hall–Kier alpha value is -1.69. The van der Waals surface area contributed by atoms with Gasteiger partial charge in [-0.2, -0.15) is 5.10 Å². The fourth-order valence-corrected chi connectivity index (χ4v) is 1.40. The van der Waals surface area contributed by atoms with Gasteiger partial charge >= 0.3 is 0 Å². The molecule has 2 rings (SSSR count). The van der Waals surface area contributed by atoms with Crippen molar-refractivity contribution < 1.29 is 9.18 Å². The van der Waals surface area contributed by atoms with Crippen molar-refractivity contribution in [3.05, 3.63) is 46.4 Å². The molecule has 0 aliphatic heterocycles. The molecule has 0 aliphatic rings. The highest BCUT2D eigenvalue weighted by Crippen LogP contribution is 2.19. The van der Waals surface area contributed by atoms with Crippen LogP contribution in [0.1, 0.15) is 10.4 Å². The average Bonchev–Trinajstić information content (AvgIpc) is 2.77. The minimum Gasteiger partial charge on any atom is -0.322 e. The summed E-state index contributed by atoms with van der Waals surface area (Å²) >= 11 is 3.03. The Morgan fingerprint density at radius 1 is 1.50 bits per heavy atom. The third-order valence-corrected chi connectivity index (χ3v) is 2.58. The Balaban J connectivity index is 2.15. The van der Waals surface area contributed by atoms with Crippen LogP contribution >= 0.6 is 15.9 Å². The molecule has 0 saturated carbocycles.